The zero-order valence-electron chi connectivity index (χ0n) is 12.9. The molecule has 0 aliphatic rings. The molecule has 0 radical (unpaired) electrons. The van der Waals surface area contributed by atoms with Gasteiger partial charge in [-0.1, -0.05) is 37.0 Å². The van der Waals surface area contributed by atoms with Crippen molar-refractivity contribution in [3.05, 3.63) is 46.1 Å². The number of hydrogen-bond donors (Lipinski definition) is 2. The van der Waals surface area contributed by atoms with Crippen LogP contribution in [0, 0.1) is 5.92 Å². The average Bonchev–Trinajstić information content (AvgIpc) is 2.51. The van der Waals surface area contributed by atoms with E-state index >= 15 is 0 Å². The average molecular weight is 353 g/mol. The Labute approximate surface area is 145 Å². The van der Waals surface area contributed by atoms with Crippen molar-refractivity contribution < 1.29 is 4.79 Å². The van der Waals surface area contributed by atoms with E-state index in [1.165, 1.54) is 0 Å². The van der Waals surface area contributed by atoms with Gasteiger partial charge in [0.1, 0.15) is 0 Å². The summed E-state index contributed by atoms with van der Waals surface area (Å²) in [6.07, 6.45) is 0.927. The third kappa shape index (κ3) is 5.37. The van der Waals surface area contributed by atoms with E-state index in [0.717, 1.165) is 12.1 Å². The predicted octanol–water partition coefficient (Wildman–Crippen LogP) is 4.30. The number of rotatable bonds is 6. The summed E-state index contributed by atoms with van der Waals surface area (Å²) in [5.41, 5.74) is 1.02. The van der Waals surface area contributed by atoms with Crippen molar-refractivity contribution in [1.29, 1.82) is 0 Å². The molecule has 0 atom stereocenters. The highest BCUT2D eigenvalue weighted by Crippen LogP contribution is 2.26. The number of hydrogen-bond acceptors (Lipinski definition) is 4. The lowest BCUT2D eigenvalue weighted by Gasteiger charge is -2.08. The summed E-state index contributed by atoms with van der Waals surface area (Å²) < 4.78 is 0. The van der Waals surface area contributed by atoms with Gasteiger partial charge in [0.25, 0.3) is 5.91 Å². The Hall–Kier alpha value is -1.85. The first-order valence-corrected chi connectivity index (χ1v) is 8.05. The van der Waals surface area contributed by atoms with Crippen molar-refractivity contribution in [1.82, 2.24) is 15.5 Å². The van der Waals surface area contributed by atoms with Gasteiger partial charge in [-0.2, -0.15) is 0 Å². The zero-order valence-corrected chi connectivity index (χ0v) is 14.4. The standard InChI is InChI=1S/C16H18Cl2N4O/c1-10(2)7-8-19-16(23)14-5-6-15(22-21-14)20-11-3-4-12(17)13(18)9-11/h3-6,9-10H,7-8H2,1-2H3,(H,19,23)(H,20,22). The van der Waals surface area contributed by atoms with Crippen molar-refractivity contribution in [3.8, 4) is 0 Å². The van der Waals surface area contributed by atoms with Gasteiger partial charge in [-0.3, -0.25) is 4.79 Å². The van der Waals surface area contributed by atoms with Crippen LogP contribution >= 0.6 is 23.2 Å². The van der Waals surface area contributed by atoms with E-state index in [1.54, 1.807) is 30.3 Å². The molecule has 0 saturated heterocycles. The van der Waals surface area contributed by atoms with Gasteiger partial charge < -0.3 is 10.6 Å². The fraction of sp³-hybridized carbons (Fsp3) is 0.312. The first-order chi connectivity index (χ1) is 11.0. The van der Waals surface area contributed by atoms with Crippen LogP contribution < -0.4 is 10.6 Å². The van der Waals surface area contributed by atoms with Crippen LogP contribution in [-0.4, -0.2) is 22.6 Å². The SMILES string of the molecule is CC(C)CCNC(=O)c1ccc(Nc2ccc(Cl)c(Cl)c2)nn1. The number of nitrogens with one attached hydrogen (secondary N) is 2. The van der Waals surface area contributed by atoms with Crippen molar-refractivity contribution in [2.45, 2.75) is 20.3 Å². The van der Waals surface area contributed by atoms with Crippen molar-refractivity contribution >= 4 is 40.6 Å². The van der Waals surface area contributed by atoms with Gasteiger partial charge in [-0.05, 0) is 42.7 Å². The Morgan fingerprint density at radius 1 is 1.13 bits per heavy atom. The largest absolute Gasteiger partial charge is 0.351 e. The van der Waals surface area contributed by atoms with Crippen LogP contribution in [0.1, 0.15) is 30.8 Å². The molecule has 0 fully saturated rings. The molecule has 5 nitrogen and oxygen atoms in total. The van der Waals surface area contributed by atoms with E-state index in [4.69, 9.17) is 23.2 Å². The molecule has 0 spiro atoms. The number of amides is 1. The summed E-state index contributed by atoms with van der Waals surface area (Å²) in [6, 6.07) is 8.47. The second-order valence-electron chi connectivity index (χ2n) is 5.50. The highest BCUT2D eigenvalue weighted by atomic mass is 35.5. The topological polar surface area (TPSA) is 66.9 Å². The van der Waals surface area contributed by atoms with Crippen LogP contribution in [0.25, 0.3) is 0 Å². The molecule has 1 heterocycles. The number of benzene rings is 1. The second kappa shape index (κ2) is 8.13. The van der Waals surface area contributed by atoms with Gasteiger partial charge in [0.2, 0.25) is 0 Å². The maximum Gasteiger partial charge on any atom is 0.271 e. The summed E-state index contributed by atoms with van der Waals surface area (Å²) in [6.45, 7) is 4.84. The van der Waals surface area contributed by atoms with Crippen LogP contribution in [0.2, 0.25) is 10.0 Å². The van der Waals surface area contributed by atoms with Crippen LogP contribution in [0.5, 0.6) is 0 Å². The minimum absolute atomic E-state index is 0.223. The lowest BCUT2D eigenvalue weighted by atomic mass is 10.1. The van der Waals surface area contributed by atoms with Crippen molar-refractivity contribution in [3.63, 3.8) is 0 Å². The fourth-order valence-corrected chi connectivity index (χ4v) is 2.10. The monoisotopic (exact) mass is 352 g/mol. The fourth-order valence-electron chi connectivity index (χ4n) is 1.81. The number of halogens is 2. The summed E-state index contributed by atoms with van der Waals surface area (Å²) >= 11 is 11.8. The summed E-state index contributed by atoms with van der Waals surface area (Å²) in [5.74, 6) is 0.834. The summed E-state index contributed by atoms with van der Waals surface area (Å²) in [5, 5.41) is 14.7. The van der Waals surface area contributed by atoms with Crippen LogP contribution in [0.4, 0.5) is 11.5 Å². The molecule has 2 rings (SSSR count). The number of aromatic nitrogens is 2. The maximum atomic E-state index is 11.9. The van der Waals surface area contributed by atoms with Gasteiger partial charge in [0.05, 0.1) is 10.0 Å². The molecule has 1 aromatic carbocycles. The molecule has 1 amide bonds. The van der Waals surface area contributed by atoms with E-state index in [9.17, 15) is 4.79 Å². The van der Waals surface area contributed by atoms with E-state index in [-0.39, 0.29) is 11.6 Å². The molecule has 0 aliphatic carbocycles. The van der Waals surface area contributed by atoms with Gasteiger partial charge in [-0.15, -0.1) is 10.2 Å². The Morgan fingerprint density at radius 2 is 1.91 bits per heavy atom. The number of carbonyl (C=O) groups is 1. The van der Waals surface area contributed by atoms with Gasteiger partial charge in [0, 0.05) is 12.2 Å². The van der Waals surface area contributed by atoms with E-state index in [1.807, 2.05) is 0 Å². The lowest BCUT2D eigenvalue weighted by Crippen LogP contribution is -2.26. The molecule has 0 aliphatic heterocycles. The predicted molar refractivity (Wildman–Crippen MR) is 93.6 cm³/mol. The molecule has 0 unspecified atom stereocenters. The minimum Gasteiger partial charge on any atom is -0.351 e. The minimum atomic E-state index is -0.223. The molecule has 0 bridgehead atoms. The van der Waals surface area contributed by atoms with E-state index in [0.29, 0.717) is 28.3 Å². The van der Waals surface area contributed by atoms with Crippen LogP contribution in [0.3, 0.4) is 0 Å². The normalized spacial score (nSPS) is 10.7. The van der Waals surface area contributed by atoms with Gasteiger partial charge in [0.15, 0.2) is 11.5 Å². The molecule has 2 aromatic rings. The van der Waals surface area contributed by atoms with E-state index < -0.39 is 0 Å². The van der Waals surface area contributed by atoms with Gasteiger partial charge >= 0.3 is 0 Å². The Morgan fingerprint density at radius 3 is 2.52 bits per heavy atom. The highest BCUT2D eigenvalue weighted by Gasteiger charge is 2.08. The van der Waals surface area contributed by atoms with Crippen LogP contribution in [-0.2, 0) is 0 Å². The third-order valence-electron chi connectivity index (χ3n) is 3.10. The van der Waals surface area contributed by atoms with Crippen LogP contribution in [0.15, 0.2) is 30.3 Å². The highest BCUT2D eigenvalue weighted by molar-refractivity contribution is 6.42. The number of carbonyl (C=O) groups excluding carboxylic acids is 1. The second-order valence-corrected chi connectivity index (χ2v) is 6.31. The lowest BCUT2D eigenvalue weighted by molar-refractivity contribution is 0.0946. The molecular weight excluding hydrogens is 335 g/mol. The molecule has 122 valence electrons. The number of nitrogens with zero attached hydrogens (tertiary/aromatic N) is 2. The quantitative estimate of drug-likeness (QED) is 0.812. The van der Waals surface area contributed by atoms with Crippen molar-refractivity contribution in [2.24, 2.45) is 5.92 Å². The first kappa shape index (κ1) is 17.5. The molecular formula is C16H18Cl2N4O. The maximum absolute atomic E-state index is 11.9. The first-order valence-electron chi connectivity index (χ1n) is 7.29. The van der Waals surface area contributed by atoms with Gasteiger partial charge in [-0.25, -0.2) is 0 Å². The molecule has 7 heteroatoms. The zero-order chi connectivity index (χ0) is 16.8. The summed E-state index contributed by atoms with van der Waals surface area (Å²) in [4.78, 5) is 11.9. The van der Waals surface area contributed by atoms with Crippen molar-refractivity contribution in [2.75, 3.05) is 11.9 Å². The summed E-state index contributed by atoms with van der Waals surface area (Å²) in [7, 11) is 0. The Bertz CT molecular complexity index is 674. The Kier molecular flexibility index (Phi) is 6.19. The Balaban J connectivity index is 1.96. The molecule has 1 aromatic heterocycles. The molecule has 0 saturated carbocycles. The molecule has 23 heavy (non-hydrogen) atoms. The number of anilines is 2. The smallest absolute Gasteiger partial charge is 0.271 e. The molecule has 2 N–H and O–H groups in total. The van der Waals surface area contributed by atoms with E-state index in [2.05, 4.69) is 34.7 Å². The third-order valence-corrected chi connectivity index (χ3v) is 3.84.